The van der Waals surface area contributed by atoms with Crippen molar-refractivity contribution in [3.05, 3.63) is 114 Å². The van der Waals surface area contributed by atoms with Crippen LogP contribution < -0.4 is 24.4 Å². The summed E-state index contributed by atoms with van der Waals surface area (Å²) in [7, 11) is 1.51. The predicted molar refractivity (Wildman–Crippen MR) is 145 cm³/mol. The fraction of sp³-hybridized carbons (Fsp3) is 0.200. The molecule has 0 bridgehead atoms. The van der Waals surface area contributed by atoms with Gasteiger partial charge in [0.05, 0.1) is 30.0 Å². The number of fused-ring (bicyclic) bond motifs is 3. The maximum absolute atomic E-state index is 13.9. The second-order valence-electron chi connectivity index (χ2n) is 9.01. The Balaban J connectivity index is 1.58. The Hall–Kier alpha value is -4.10. The Labute approximate surface area is 218 Å². The van der Waals surface area contributed by atoms with E-state index in [0.29, 0.717) is 27.3 Å². The van der Waals surface area contributed by atoms with Crippen molar-refractivity contribution in [2.45, 2.75) is 25.8 Å². The molecule has 0 radical (unpaired) electrons. The van der Waals surface area contributed by atoms with Gasteiger partial charge in [-0.2, -0.15) is 0 Å². The highest BCUT2D eigenvalue weighted by Crippen LogP contribution is 2.41. The smallest absolute Gasteiger partial charge is 0.271 e. The van der Waals surface area contributed by atoms with Gasteiger partial charge in [-0.05, 0) is 60.7 Å². The molecule has 1 atom stereocenters. The predicted octanol–water partition coefficient (Wildman–Crippen LogP) is 4.43. The maximum Gasteiger partial charge on any atom is 0.271 e. The molecule has 7 heteroatoms. The number of nitrogens with zero attached hydrogens (tertiary/aromatic N) is 2. The highest BCUT2D eigenvalue weighted by atomic mass is 32.1. The largest absolute Gasteiger partial charge is 0.504 e. The number of aryl methyl sites for hydroxylation is 1. The van der Waals surface area contributed by atoms with Crippen LogP contribution in [-0.2, 0) is 6.42 Å². The molecule has 0 spiro atoms. The molecule has 2 aliphatic rings. The summed E-state index contributed by atoms with van der Waals surface area (Å²) in [5.74, 6) is 1.17. The fourth-order valence-electron chi connectivity index (χ4n) is 5.20. The van der Waals surface area contributed by atoms with E-state index in [1.807, 2.05) is 37.3 Å². The molecule has 6 rings (SSSR count). The Kier molecular flexibility index (Phi) is 5.93. The van der Waals surface area contributed by atoms with Crippen LogP contribution in [0.25, 0.3) is 11.8 Å². The summed E-state index contributed by atoms with van der Waals surface area (Å²) >= 11 is 1.34. The molecular formula is C30H26N2O4S. The van der Waals surface area contributed by atoms with Crippen LogP contribution in [0.2, 0.25) is 0 Å². The van der Waals surface area contributed by atoms with E-state index < -0.39 is 0 Å². The van der Waals surface area contributed by atoms with E-state index in [9.17, 15) is 9.90 Å². The van der Waals surface area contributed by atoms with Gasteiger partial charge >= 0.3 is 0 Å². The minimum absolute atomic E-state index is 0.00659. The minimum Gasteiger partial charge on any atom is -0.504 e. The van der Waals surface area contributed by atoms with Crippen molar-refractivity contribution in [1.82, 2.24) is 4.57 Å². The highest BCUT2D eigenvalue weighted by Gasteiger charge is 2.32. The van der Waals surface area contributed by atoms with Gasteiger partial charge in [0.15, 0.2) is 16.3 Å². The third-order valence-corrected chi connectivity index (χ3v) is 7.90. The van der Waals surface area contributed by atoms with Gasteiger partial charge in [-0.3, -0.25) is 9.36 Å². The molecule has 186 valence electrons. The van der Waals surface area contributed by atoms with E-state index in [0.717, 1.165) is 41.0 Å². The first-order valence-corrected chi connectivity index (χ1v) is 13.1. The third kappa shape index (κ3) is 3.96. The van der Waals surface area contributed by atoms with Crippen molar-refractivity contribution in [3.8, 4) is 17.2 Å². The third-order valence-electron chi connectivity index (χ3n) is 6.92. The summed E-state index contributed by atoms with van der Waals surface area (Å²) in [6, 6.07) is 21.3. The lowest BCUT2D eigenvalue weighted by Crippen LogP contribution is -2.38. The molecule has 1 unspecified atom stereocenters. The van der Waals surface area contributed by atoms with E-state index >= 15 is 0 Å². The van der Waals surface area contributed by atoms with Crippen LogP contribution >= 0.6 is 11.3 Å². The van der Waals surface area contributed by atoms with Crippen LogP contribution in [0, 0.1) is 0 Å². The normalized spacial score (nSPS) is 16.5. The average molecular weight is 511 g/mol. The molecular weight excluding hydrogens is 484 g/mol. The van der Waals surface area contributed by atoms with Gasteiger partial charge in [0.1, 0.15) is 5.75 Å². The van der Waals surface area contributed by atoms with Crippen LogP contribution in [-0.4, -0.2) is 23.4 Å². The molecule has 0 amide bonds. The Morgan fingerprint density at radius 2 is 1.89 bits per heavy atom. The summed E-state index contributed by atoms with van der Waals surface area (Å²) in [6.07, 6.45) is 3.45. The lowest BCUT2D eigenvalue weighted by molar-refractivity contribution is 0.340. The number of methoxy groups -OCH3 is 1. The molecule has 6 nitrogen and oxygen atoms in total. The van der Waals surface area contributed by atoms with Gasteiger partial charge < -0.3 is 14.6 Å². The zero-order chi connectivity index (χ0) is 25.5. The number of para-hydroxylation sites is 1. The summed E-state index contributed by atoms with van der Waals surface area (Å²) < 4.78 is 13.2. The lowest BCUT2D eigenvalue weighted by atomic mass is 9.83. The molecule has 0 saturated carbocycles. The average Bonchev–Trinajstić information content (AvgIpc) is 3.23. The van der Waals surface area contributed by atoms with Crippen molar-refractivity contribution in [2.24, 2.45) is 4.99 Å². The number of aromatic nitrogens is 1. The number of aromatic hydroxyl groups is 1. The second-order valence-corrected chi connectivity index (χ2v) is 10.0. The van der Waals surface area contributed by atoms with Crippen LogP contribution in [0.4, 0.5) is 0 Å². The van der Waals surface area contributed by atoms with Crippen LogP contribution in [0.1, 0.15) is 41.6 Å². The van der Waals surface area contributed by atoms with E-state index in [-0.39, 0.29) is 17.4 Å². The molecule has 0 saturated heterocycles. The topological polar surface area (TPSA) is 73.1 Å². The maximum atomic E-state index is 13.9. The summed E-state index contributed by atoms with van der Waals surface area (Å²) in [4.78, 5) is 19.6. The van der Waals surface area contributed by atoms with Crippen molar-refractivity contribution in [3.63, 3.8) is 0 Å². The number of phenolic OH excluding ortho intramolecular Hbond substituents is 1. The Bertz CT molecular complexity index is 1710. The number of thiazole rings is 1. The number of benzene rings is 3. The van der Waals surface area contributed by atoms with Gasteiger partial charge in [-0.15, -0.1) is 0 Å². The monoisotopic (exact) mass is 510 g/mol. The Morgan fingerprint density at radius 1 is 1.08 bits per heavy atom. The number of allylic oxidation sites excluding steroid dienone is 1. The molecule has 1 N–H and O–H groups in total. The summed E-state index contributed by atoms with van der Waals surface area (Å²) in [5.41, 5.74) is 5.91. The molecule has 1 aliphatic heterocycles. The number of hydrogen-bond acceptors (Lipinski definition) is 6. The van der Waals surface area contributed by atoms with E-state index in [1.54, 1.807) is 28.8 Å². The number of hydrogen-bond donors (Lipinski definition) is 1. The van der Waals surface area contributed by atoms with Crippen molar-refractivity contribution in [1.29, 1.82) is 0 Å². The van der Waals surface area contributed by atoms with Gasteiger partial charge in [-0.1, -0.05) is 59.9 Å². The SMILES string of the molecule is CCOc1ccc(C2C3=C(N=c4sc(=Cc5cccc(OC)c5O)c(=O)n42)c2ccccc2CC3)cc1. The number of rotatable bonds is 5. The fourth-order valence-corrected chi connectivity index (χ4v) is 6.19. The van der Waals surface area contributed by atoms with Crippen LogP contribution in [0.3, 0.4) is 0 Å². The van der Waals surface area contributed by atoms with Gasteiger partial charge in [0, 0.05) is 11.1 Å². The van der Waals surface area contributed by atoms with Gasteiger partial charge in [0.25, 0.3) is 5.56 Å². The summed E-state index contributed by atoms with van der Waals surface area (Å²) in [5, 5.41) is 10.6. The zero-order valence-electron chi connectivity index (χ0n) is 20.6. The zero-order valence-corrected chi connectivity index (χ0v) is 21.4. The first-order chi connectivity index (χ1) is 18.1. The molecule has 3 aromatic carbocycles. The standard InChI is InChI=1S/C30H26N2O4S/c1-3-36-21-14-11-19(12-15-21)27-23-16-13-18-7-4-5-9-22(18)26(23)31-30-32(27)29(34)25(37-30)17-20-8-6-10-24(35-2)28(20)33/h4-12,14-15,17,27,33H,3,13,16H2,1-2H3. The van der Waals surface area contributed by atoms with Crippen molar-refractivity contribution in [2.75, 3.05) is 13.7 Å². The van der Waals surface area contributed by atoms with E-state index in [4.69, 9.17) is 14.5 Å². The first-order valence-electron chi connectivity index (χ1n) is 12.3. The highest BCUT2D eigenvalue weighted by molar-refractivity contribution is 7.07. The number of ether oxygens (including phenoxy) is 2. The van der Waals surface area contributed by atoms with Gasteiger partial charge in [0.2, 0.25) is 0 Å². The summed E-state index contributed by atoms with van der Waals surface area (Å²) in [6.45, 7) is 2.56. The Morgan fingerprint density at radius 3 is 2.68 bits per heavy atom. The number of phenols is 1. The second kappa shape index (κ2) is 9.41. The molecule has 2 heterocycles. The quantitative estimate of drug-likeness (QED) is 0.431. The lowest BCUT2D eigenvalue weighted by Gasteiger charge is -2.30. The van der Waals surface area contributed by atoms with Crippen LogP contribution in [0.15, 0.2) is 82.1 Å². The molecule has 0 fully saturated rings. The molecule has 1 aliphatic carbocycles. The van der Waals surface area contributed by atoms with E-state index in [1.165, 1.54) is 24.0 Å². The van der Waals surface area contributed by atoms with Crippen molar-refractivity contribution >= 4 is 23.1 Å². The van der Waals surface area contributed by atoms with Crippen LogP contribution in [0.5, 0.6) is 17.2 Å². The van der Waals surface area contributed by atoms with Gasteiger partial charge in [-0.25, -0.2) is 4.99 Å². The minimum atomic E-state index is -0.267. The molecule has 1 aromatic heterocycles. The van der Waals surface area contributed by atoms with E-state index in [2.05, 4.69) is 18.2 Å². The molecule has 4 aromatic rings. The molecule has 37 heavy (non-hydrogen) atoms. The first kappa shape index (κ1) is 23.3. The van der Waals surface area contributed by atoms with Crippen molar-refractivity contribution < 1.29 is 14.6 Å².